The number of carbonyl (C=O) groups excluding carboxylic acids is 1. The summed E-state index contributed by atoms with van der Waals surface area (Å²) in [5.74, 6) is 1.97. The highest BCUT2D eigenvalue weighted by atomic mass is 32.2. The molecule has 0 fully saturated rings. The van der Waals surface area contributed by atoms with E-state index >= 15 is 0 Å². The predicted molar refractivity (Wildman–Crippen MR) is 62.3 cm³/mol. The van der Waals surface area contributed by atoms with Gasteiger partial charge in [0.25, 0.3) is 0 Å². The van der Waals surface area contributed by atoms with Gasteiger partial charge in [-0.05, 0) is 23.6 Å². The number of carbonyl (C=O) groups is 1. The van der Waals surface area contributed by atoms with Crippen molar-refractivity contribution < 1.29 is 9.90 Å². The monoisotopic (exact) mass is 230 g/mol. The number of Topliss-reactive ketones (excluding diaryl/α,β-unsaturated/α-hetero) is 1. The lowest BCUT2D eigenvalue weighted by atomic mass is 10.2. The largest absolute Gasteiger partial charge is 0.396 e. The average Bonchev–Trinajstić information content (AvgIpc) is 2.70. The lowest BCUT2D eigenvalue weighted by Gasteiger charge is -1.98. The molecule has 0 bridgehead atoms. The van der Waals surface area contributed by atoms with Crippen molar-refractivity contribution in [2.75, 3.05) is 18.1 Å². The summed E-state index contributed by atoms with van der Waals surface area (Å²) in [6.45, 7) is 0.226. The molecule has 1 rings (SSSR count). The van der Waals surface area contributed by atoms with Crippen molar-refractivity contribution in [3.8, 4) is 0 Å². The van der Waals surface area contributed by atoms with E-state index in [0.717, 1.165) is 22.8 Å². The molecule has 0 radical (unpaired) electrons. The van der Waals surface area contributed by atoms with Crippen molar-refractivity contribution in [3.63, 3.8) is 0 Å². The summed E-state index contributed by atoms with van der Waals surface area (Å²) in [7, 11) is 0. The van der Waals surface area contributed by atoms with Crippen LogP contribution in [0.25, 0.3) is 0 Å². The quantitative estimate of drug-likeness (QED) is 0.577. The number of hydrogen-bond acceptors (Lipinski definition) is 4. The molecule has 1 N–H and O–H groups in total. The first-order chi connectivity index (χ1) is 6.84. The van der Waals surface area contributed by atoms with Crippen molar-refractivity contribution in [1.82, 2.24) is 0 Å². The molecule has 1 heterocycles. The molecule has 0 aliphatic heterocycles. The molecule has 0 aliphatic rings. The first-order valence-corrected chi connectivity index (χ1v) is 6.63. The average molecular weight is 230 g/mol. The van der Waals surface area contributed by atoms with Gasteiger partial charge in [-0.15, -0.1) is 11.3 Å². The van der Waals surface area contributed by atoms with Crippen LogP contribution in [0, 0.1) is 0 Å². The van der Waals surface area contributed by atoms with Gasteiger partial charge in [-0.1, -0.05) is 6.07 Å². The summed E-state index contributed by atoms with van der Waals surface area (Å²) < 4.78 is 0. The van der Waals surface area contributed by atoms with Gasteiger partial charge in [-0.3, -0.25) is 4.79 Å². The van der Waals surface area contributed by atoms with Gasteiger partial charge in [0.1, 0.15) is 0 Å². The molecule has 0 aliphatic carbocycles. The summed E-state index contributed by atoms with van der Waals surface area (Å²) in [5.41, 5.74) is 0. The number of rotatable bonds is 7. The summed E-state index contributed by atoms with van der Waals surface area (Å²) in [6, 6.07) is 3.77. The molecule has 14 heavy (non-hydrogen) atoms. The molecule has 0 unspecified atom stereocenters. The second kappa shape index (κ2) is 7.04. The van der Waals surface area contributed by atoms with Gasteiger partial charge in [0.05, 0.1) is 11.5 Å². The van der Waals surface area contributed by atoms with Crippen molar-refractivity contribution >= 4 is 28.9 Å². The van der Waals surface area contributed by atoms with Crippen LogP contribution >= 0.6 is 23.1 Å². The molecule has 4 heteroatoms. The highest BCUT2D eigenvalue weighted by Crippen LogP contribution is 2.13. The van der Waals surface area contributed by atoms with E-state index in [2.05, 4.69) is 0 Å². The van der Waals surface area contributed by atoms with Gasteiger partial charge < -0.3 is 5.11 Å². The van der Waals surface area contributed by atoms with Gasteiger partial charge >= 0.3 is 0 Å². The Morgan fingerprint density at radius 1 is 1.50 bits per heavy atom. The van der Waals surface area contributed by atoms with Crippen LogP contribution < -0.4 is 0 Å². The molecule has 78 valence electrons. The van der Waals surface area contributed by atoms with Gasteiger partial charge in [-0.2, -0.15) is 11.8 Å². The third-order valence-electron chi connectivity index (χ3n) is 1.72. The van der Waals surface area contributed by atoms with E-state index in [1.54, 1.807) is 11.8 Å². The highest BCUT2D eigenvalue weighted by Gasteiger charge is 2.05. The van der Waals surface area contributed by atoms with E-state index in [-0.39, 0.29) is 12.4 Å². The minimum atomic E-state index is 0.226. The fraction of sp³-hybridized carbons (Fsp3) is 0.500. The second-order valence-corrected chi connectivity index (χ2v) is 5.01. The predicted octanol–water partition coefficient (Wildman–Crippen LogP) is 2.44. The summed E-state index contributed by atoms with van der Waals surface area (Å²) in [5, 5.41) is 10.5. The normalized spacial score (nSPS) is 10.4. The summed E-state index contributed by atoms with van der Waals surface area (Å²) in [6.07, 6.45) is 1.53. The molecule has 0 aromatic carbocycles. The smallest absolute Gasteiger partial charge is 0.172 e. The van der Waals surface area contributed by atoms with Crippen LogP contribution in [0.15, 0.2) is 17.5 Å². The van der Waals surface area contributed by atoms with E-state index in [1.165, 1.54) is 11.3 Å². The van der Waals surface area contributed by atoms with Gasteiger partial charge in [0.15, 0.2) is 5.78 Å². The first-order valence-electron chi connectivity index (χ1n) is 4.60. The van der Waals surface area contributed by atoms with E-state index in [1.807, 2.05) is 17.5 Å². The van der Waals surface area contributed by atoms with Crippen LogP contribution in [0.4, 0.5) is 0 Å². The van der Waals surface area contributed by atoms with Crippen molar-refractivity contribution in [2.24, 2.45) is 0 Å². The second-order valence-electron chi connectivity index (χ2n) is 2.84. The fourth-order valence-corrected chi connectivity index (χ4v) is 2.44. The molecule has 0 saturated heterocycles. The van der Waals surface area contributed by atoms with Gasteiger partial charge in [0, 0.05) is 12.2 Å². The van der Waals surface area contributed by atoms with Crippen LogP contribution in [0.5, 0.6) is 0 Å². The standard InChI is InChI=1S/C10H14O2S2/c11-5-8-13-6-1-3-9(12)10-4-2-7-14-10/h2,4,7,11H,1,3,5-6,8H2. The SMILES string of the molecule is O=C(CCCSCCO)c1cccs1. The van der Waals surface area contributed by atoms with Crippen molar-refractivity contribution in [3.05, 3.63) is 22.4 Å². The van der Waals surface area contributed by atoms with E-state index in [4.69, 9.17) is 5.11 Å². The molecule has 1 aromatic heterocycles. The third-order valence-corrected chi connectivity index (χ3v) is 3.68. The molecule has 0 spiro atoms. The molecular weight excluding hydrogens is 216 g/mol. The Labute approximate surface area is 92.3 Å². The Hall–Kier alpha value is -0.320. The number of thiophene rings is 1. The molecule has 2 nitrogen and oxygen atoms in total. The zero-order chi connectivity index (χ0) is 10.2. The summed E-state index contributed by atoms with van der Waals surface area (Å²) >= 11 is 3.20. The Bertz CT molecular complexity index is 257. The van der Waals surface area contributed by atoms with Crippen LogP contribution in [0.1, 0.15) is 22.5 Å². The lowest BCUT2D eigenvalue weighted by Crippen LogP contribution is -1.97. The number of thioether (sulfide) groups is 1. The Balaban J connectivity index is 2.10. The summed E-state index contributed by atoms with van der Waals surface area (Å²) in [4.78, 5) is 12.3. The van der Waals surface area contributed by atoms with Crippen LogP contribution in [0.2, 0.25) is 0 Å². The molecule has 0 atom stereocenters. The highest BCUT2D eigenvalue weighted by molar-refractivity contribution is 7.99. The zero-order valence-corrected chi connectivity index (χ0v) is 9.57. The molecule has 0 saturated carbocycles. The van der Waals surface area contributed by atoms with Crippen molar-refractivity contribution in [1.29, 1.82) is 0 Å². The third kappa shape index (κ3) is 4.26. The Kier molecular flexibility index (Phi) is 5.91. The topological polar surface area (TPSA) is 37.3 Å². The maximum Gasteiger partial charge on any atom is 0.172 e. The number of hydrogen-bond donors (Lipinski definition) is 1. The van der Waals surface area contributed by atoms with E-state index in [9.17, 15) is 4.79 Å². The first kappa shape index (κ1) is 11.8. The maximum atomic E-state index is 11.5. The van der Waals surface area contributed by atoms with Crippen LogP contribution in [-0.4, -0.2) is 29.0 Å². The van der Waals surface area contributed by atoms with Crippen LogP contribution in [0.3, 0.4) is 0 Å². The number of ketones is 1. The lowest BCUT2D eigenvalue weighted by molar-refractivity contribution is 0.0986. The molecule has 1 aromatic rings. The maximum absolute atomic E-state index is 11.5. The Morgan fingerprint density at radius 3 is 3.00 bits per heavy atom. The zero-order valence-electron chi connectivity index (χ0n) is 7.94. The molecular formula is C10H14O2S2. The Morgan fingerprint density at radius 2 is 2.36 bits per heavy atom. The van der Waals surface area contributed by atoms with Gasteiger partial charge in [0.2, 0.25) is 0 Å². The number of aliphatic hydroxyl groups is 1. The minimum Gasteiger partial charge on any atom is -0.396 e. The minimum absolute atomic E-state index is 0.226. The molecule has 0 amide bonds. The number of aliphatic hydroxyl groups excluding tert-OH is 1. The van der Waals surface area contributed by atoms with E-state index < -0.39 is 0 Å². The van der Waals surface area contributed by atoms with Crippen molar-refractivity contribution in [2.45, 2.75) is 12.8 Å². The van der Waals surface area contributed by atoms with Gasteiger partial charge in [-0.25, -0.2) is 0 Å². The van der Waals surface area contributed by atoms with E-state index in [0.29, 0.717) is 6.42 Å². The van der Waals surface area contributed by atoms with Crippen LogP contribution in [-0.2, 0) is 0 Å². The fourth-order valence-electron chi connectivity index (χ4n) is 1.06.